The molecule has 1 aliphatic carbocycles. The molecular weight excluding hydrogens is 262 g/mol. The standard InChI is InChI=1S/C13H21NO4Si/c1-13(18-19(3,4)5)7-8(15)6-9-10(13)12(17)14(2)11(9)16/h9-10H,6-7H2,1-5H3/t9-,10+,13+/m0/s1. The van der Waals surface area contributed by atoms with E-state index in [1.54, 1.807) is 0 Å². The first-order valence-corrected chi connectivity index (χ1v) is 9.99. The van der Waals surface area contributed by atoms with Gasteiger partial charge in [-0.25, -0.2) is 0 Å². The molecule has 0 N–H and O–H groups in total. The lowest BCUT2D eigenvalue weighted by Crippen LogP contribution is -2.54. The Kier molecular flexibility index (Phi) is 3.22. The van der Waals surface area contributed by atoms with Gasteiger partial charge in [-0.05, 0) is 26.6 Å². The summed E-state index contributed by atoms with van der Waals surface area (Å²) in [5.41, 5.74) is -0.831. The molecule has 2 rings (SSSR count). The van der Waals surface area contributed by atoms with Crippen LogP contribution in [0, 0.1) is 11.8 Å². The summed E-state index contributed by atoms with van der Waals surface area (Å²) in [6.07, 6.45) is 0.398. The molecule has 1 saturated carbocycles. The molecule has 1 saturated heterocycles. The second kappa shape index (κ2) is 4.24. The maximum atomic E-state index is 12.3. The van der Waals surface area contributed by atoms with Gasteiger partial charge >= 0.3 is 0 Å². The molecule has 6 heteroatoms. The number of imide groups is 1. The number of likely N-dealkylation sites (tertiary alicyclic amines) is 1. The Labute approximate surface area is 114 Å². The second-order valence-electron chi connectivity index (χ2n) is 6.77. The first kappa shape index (κ1) is 14.4. The Balaban J connectivity index is 2.40. The number of nitrogens with zero attached hydrogens (tertiary/aromatic N) is 1. The Morgan fingerprint density at radius 3 is 2.32 bits per heavy atom. The van der Waals surface area contributed by atoms with E-state index in [1.165, 1.54) is 7.05 Å². The summed E-state index contributed by atoms with van der Waals surface area (Å²) in [5.74, 6) is -1.47. The zero-order valence-electron chi connectivity index (χ0n) is 12.1. The van der Waals surface area contributed by atoms with E-state index in [0.29, 0.717) is 0 Å². The fraction of sp³-hybridized carbons (Fsp3) is 0.769. The zero-order valence-corrected chi connectivity index (χ0v) is 13.1. The molecule has 19 heavy (non-hydrogen) atoms. The lowest BCUT2D eigenvalue weighted by atomic mass is 9.70. The summed E-state index contributed by atoms with van der Waals surface area (Å²) in [5, 5.41) is 0. The SMILES string of the molecule is CN1C(=O)[C@H]2CC(=O)C[C@@](C)(O[Si](C)(C)C)[C@H]2C1=O. The largest absolute Gasteiger partial charge is 0.411 e. The van der Waals surface area contributed by atoms with Crippen molar-refractivity contribution in [1.82, 2.24) is 4.90 Å². The van der Waals surface area contributed by atoms with Gasteiger partial charge in [0, 0.05) is 19.9 Å². The van der Waals surface area contributed by atoms with Crippen molar-refractivity contribution in [2.75, 3.05) is 7.05 Å². The van der Waals surface area contributed by atoms with Gasteiger partial charge in [0.15, 0.2) is 8.32 Å². The minimum atomic E-state index is -1.91. The third-order valence-electron chi connectivity index (χ3n) is 3.84. The Bertz CT molecular complexity index is 456. The van der Waals surface area contributed by atoms with E-state index in [2.05, 4.69) is 0 Å². The molecule has 0 bridgehead atoms. The minimum Gasteiger partial charge on any atom is -0.411 e. The maximum Gasteiger partial charge on any atom is 0.235 e. The topological polar surface area (TPSA) is 63.7 Å². The fourth-order valence-corrected chi connectivity index (χ4v) is 4.99. The van der Waals surface area contributed by atoms with E-state index in [-0.39, 0.29) is 30.4 Å². The van der Waals surface area contributed by atoms with Crippen molar-refractivity contribution < 1.29 is 18.8 Å². The van der Waals surface area contributed by atoms with Crippen LogP contribution in [-0.2, 0) is 18.8 Å². The van der Waals surface area contributed by atoms with Crippen LogP contribution < -0.4 is 0 Å². The van der Waals surface area contributed by atoms with Gasteiger partial charge in [-0.2, -0.15) is 0 Å². The Hall–Kier alpha value is -1.01. The lowest BCUT2D eigenvalue weighted by molar-refractivity contribution is -0.143. The third-order valence-corrected chi connectivity index (χ3v) is 4.92. The van der Waals surface area contributed by atoms with Crippen LogP contribution in [0.15, 0.2) is 0 Å². The average molecular weight is 283 g/mol. The van der Waals surface area contributed by atoms with E-state index in [4.69, 9.17) is 4.43 Å². The van der Waals surface area contributed by atoms with Gasteiger partial charge in [-0.3, -0.25) is 19.3 Å². The van der Waals surface area contributed by atoms with Gasteiger partial charge in [0.25, 0.3) is 0 Å². The molecule has 0 aromatic carbocycles. The van der Waals surface area contributed by atoms with E-state index in [1.807, 2.05) is 26.6 Å². The van der Waals surface area contributed by atoms with Gasteiger partial charge in [0.2, 0.25) is 11.8 Å². The number of amides is 2. The monoisotopic (exact) mass is 283 g/mol. The fourth-order valence-electron chi connectivity index (χ4n) is 3.39. The summed E-state index contributed by atoms with van der Waals surface area (Å²) in [6, 6.07) is 0. The van der Waals surface area contributed by atoms with Gasteiger partial charge < -0.3 is 4.43 Å². The molecule has 0 radical (unpaired) electrons. The molecule has 5 nitrogen and oxygen atoms in total. The van der Waals surface area contributed by atoms with Crippen molar-refractivity contribution in [3.63, 3.8) is 0 Å². The smallest absolute Gasteiger partial charge is 0.235 e. The predicted molar refractivity (Wildman–Crippen MR) is 71.8 cm³/mol. The number of carbonyl (C=O) groups is 3. The Morgan fingerprint density at radius 1 is 1.21 bits per heavy atom. The molecule has 2 amide bonds. The highest BCUT2D eigenvalue weighted by Gasteiger charge is 2.59. The number of fused-ring (bicyclic) bond motifs is 1. The van der Waals surface area contributed by atoms with E-state index in [0.717, 1.165) is 4.90 Å². The lowest BCUT2D eigenvalue weighted by Gasteiger charge is -2.43. The molecule has 0 aromatic rings. The van der Waals surface area contributed by atoms with Crippen LogP contribution in [0.2, 0.25) is 19.6 Å². The highest BCUT2D eigenvalue weighted by atomic mass is 28.4. The molecular formula is C13H21NO4Si. The molecule has 2 aliphatic rings. The van der Waals surface area contributed by atoms with Crippen molar-refractivity contribution in [1.29, 1.82) is 0 Å². The zero-order chi connectivity index (χ0) is 14.6. The molecule has 1 heterocycles. The molecule has 1 aliphatic heterocycles. The van der Waals surface area contributed by atoms with Gasteiger partial charge in [-0.1, -0.05) is 0 Å². The van der Waals surface area contributed by atoms with Crippen LogP contribution in [0.3, 0.4) is 0 Å². The molecule has 0 aromatic heterocycles. The normalized spacial score (nSPS) is 35.8. The number of ketones is 1. The van der Waals surface area contributed by atoms with Crippen LogP contribution in [0.4, 0.5) is 0 Å². The average Bonchev–Trinajstić information content (AvgIpc) is 2.40. The van der Waals surface area contributed by atoms with E-state index in [9.17, 15) is 14.4 Å². The van der Waals surface area contributed by atoms with Crippen LogP contribution >= 0.6 is 0 Å². The quantitative estimate of drug-likeness (QED) is 0.564. The predicted octanol–water partition coefficient (Wildman–Crippen LogP) is 1.19. The van der Waals surface area contributed by atoms with Gasteiger partial charge in [-0.15, -0.1) is 0 Å². The molecule has 3 atom stereocenters. The van der Waals surface area contributed by atoms with Crippen LogP contribution in [0.5, 0.6) is 0 Å². The van der Waals surface area contributed by atoms with Crippen molar-refractivity contribution >= 4 is 25.9 Å². The summed E-state index contributed by atoms with van der Waals surface area (Å²) >= 11 is 0. The third kappa shape index (κ3) is 2.39. The number of Topliss-reactive ketones (excluding diaryl/α,β-unsaturated/α-hetero) is 1. The van der Waals surface area contributed by atoms with E-state index < -0.39 is 25.8 Å². The summed E-state index contributed by atoms with van der Waals surface area (Å²) in [6.45, 7) is 7.89. The van der Waals surface area contributed by atoms with Crippen LogP contribution in [-0.4, -0.2) is 43.5 Å². The number of rotatable bonds is 2. The molecule has 0 unspecified atom stereocenters. The molecule has 2 fully saturated rings. The molecule has 106 valence electrons. The van der Waals surface area contributed by atoms with Crippen molar-refractivity contribution in [3.05, 3.63) is 0 Å². The highest BCUT2D eigenvalue weighted by Crippen LogP contribution is 2.45. The second-order valence-corrected chi connectivity index (χ2v) is 11.2. The summed E-state index contributed by atoms with van der Waals surface area (Å²) in [4.78, 5) is 37.4. The van der Waals surface area contributed by atoms with Crippen molar-refractivity contribution in [3.8, 4) is 0 Å². The number of hydrogen-bond donors (Lipinski definition) is 0. The van der Waals surface area contributed by atoms with Crippen LogP contribution in [0.1, 0.15) is 19.8 Å². The summed E-state index contributed by atoms with van der Waals surface area (Å²) < 4.78 is 6.14. The van der Waals surface area contributed by atoms with Crippen LogP contribution in [0.25, 0.3) is 0 Å². The highest BCUT2D eigenvalue weighted by molar-refractivity contribution is 6.69. The molecule has 0 spiro atoms. The minimum absolute atomic E-state index is 0.0125. The number of carbonyl (C=O) groups excluding carboxylic acids is 3. The van der Waals surface area contributed by atoms with Gasteiger partial charge in [0.05, 0.1) is 17.4 Å². The number of hydrogen-bond acceptors (Lipinski definition) is 4. The first-order valence-electron chi connectivity index (χ1n) is 6.58. The van der Waals surface area contributed by atoms with Gasteiger partial charge in [0.1, 0.15) is 5.78 Å². The van der Waals surface area contributed by atoms with E-state index >= 15 is 0 Å². The summed E-state index contributed by atoms with van der Waals surface area (Å²) in [7, 11) is -0.426. The van der Waals surface area contributed by atoms with Crippen molar-refractivity contribution in [2.45, 2.75) is 45.0 Å². The van der Waals surface area contributed by atoms with Crippen molar-refractivity contribution in [2.24, 2.45) is 11.8 Å². The Morgan fingerprint density at radius 2 is 1.79 bits per heavy atom. The maximum absolute atomic E-state index is 12.3. The first-order chi connectivity index (χ1) is 8.55.